The van der Waals surface area contributed by atoms with Crippen molar-refractivity contribution in [2.24, 2.45) is 0 Å². The third-order valence-corrected chi connectivity index (χ3v) is 5.60. The van der Waals surface area contributed by atoms with Crippen LogP contribution in [0.15, 0.2) is 57.4 Å². The lowest BCUT2D eigenvalue weighted by atomic mass is 9.74. The van der Waals surface area contributed by atoms with Gasteiger partial charge in [0.2, 0.25) is 5.89 Å². The minimum absolute atomic E-state index is 0.309. The molecule has 1 aliphatic rings. The van der Waals surface area contributed by atoms with E-state index in [0.29, 0.717) is 30.7 Å². The van der Waals surface area contributed by atoms with Crippen LogP contribution in [0, 0.1) is 5.82 Å². The molecule has 7 heteroatoms. The van der Waals surface area contributed by atoms with Crippen molar-refractivity contribution in [1.29, 1.82) is 0 Å². The number of hydrogen-bond donors (Lipinski definition) is 0. The third kappa shape index (κ3) is 3.82. The molecule has 1 saturated heterocycles. The predicted molar refractivity (Wildman–Crippen MR) is 105 cm³/mol. The van der Waals surface area contributed by atoms with E-state index >= 15 is 0 Å². The SMILES string of the molecule is CC(Oc1ccc(F)cc1)c1nnc(C2(c3ccc(Br)cc3)CCOCC2)o1. The average Bonchev–Trinajstić information content (AvgIpc) is 3.22. The van der Waals surface area contributed by atoms with Crippen molar-refractivity contribution in [3.63, 3.8) is 0 Å². The Kier molecular flexibility index (Phi) is 5.46. The Hall–Kier alpha value is -2.25. The molecule has 0 amide bonds. The molecule has 1 aromatic heterocycles. The molecule has 2 heterocycles. The molecule has 2 aromatic carbocycles. The zero-order valence-corrected chi connectivity index (χ0v) is 17.0. The van der Waals surface area contributed by atoms with E-state index in [1.54, 1.807) is 12.1 Å². The number of halogens is 2. The molecule has 146 valence electrons. The second-order valence-electron chi connectivity index (χ2n) is 6.86. The van der Waals surface area contributed by atoms with Crippen molar-refractivity contribution >= 4 is 15.9 Å². The van der Waals surface area contributed by atoms with E-state index in [9.17, 15) is 4.39 Å². The lowest BCUT2D eigenvalue weighted by molar-refractivity contribution is 0.0530. The second kappa shape index (κ2) is 8.01. The van der Waals surface area contributed by atoms with E-state index in [1.807, 2.05) is 19.1 Å². The molecule has 0 N–H and O–H groups in total. The van der Waals surface area contributed by atoms with Crippen LogP contribution < -0.4 is 4.74 Å². The first kappa shape index (κ1) is 19.1. The van der Waals surface area contributed by atoms with E-state index in [1.165, 1.54) is 12.1 Å². The first-order valence-electron chi connectivity index (χ1n) is 9.17. The van der Waals surface area contributed by atoms with Gasteiger partial charge in [-0.25, -0.2) is 4.39 Å². The summed E-state index contributed by atoms with van der Waals surface area (Å²) in [4.78, 5) is 0. The van der Waals surface area contributed by atoms with Crippen LogP contribution in [0.3, 0.4) is 0 Å². The molecule has 1 fully saturated rings. The summed E-state index contributed by atoms with van der Waals surface area (Å²) in [6.45, 7) is 3.10. The highest BCUT2D eigenvalue weighted by Gasteiger charge is 2.41. The van der Waals surface area contributed by atoms with Gasteiger partial charge in [-0.05, 0) is 61.7 Å². The molecule has 0 bridgehead atoms. The van der Waals surface area contributed by atoms with Gasteiger partial charge < -0.3 is 13.9 Å². The molecular weight excluding hydrogens is 427 g/mol. The molecule has 0 spiro atoms. The first-order valence-corrected chi connectivity index (χ1v) is 9.96. The van der Waals surface area contributed by atoms with Crippen molar-refractivity contribution in [1.82, 2.24) is 10.2 Å². The van der Waals surface area contributed by atoms with Crippen LogP contribution in [0.1, 0.15) is 43.2 Å². The fourth-order valence-corrected chi connectivity index (χ4v) is 3.74. The van der Waals surface area contributed by atoms with Crippen LogP contribution in [-0.4, -0.2) is 23.4 Å². The highest BCUT2D eigenvalue weighted by atomic mass is 79.9. The smallest absolute Gasteiger partial charge is 0.256 e. The number of aromatic nitrogens is 2. The normalized spacial score (nSPS) is 17.2. The molecule has 0 radical (unpaired) electrons. The maximum absolute atomic E-state index is 13.1. The van der Waals surface area contributed by atoms with Crippen molar-refractivity contribution in [3.05, 3.63) is 76.2 Å². The summed E-state index contributed by atoms with van der Waals surface area (Å²) in [6, 6.07) is 14.1. The van der Waals surface area contributed by atoms with Gasteiger partial charge in [0, 0.05) is 17.7 Å². The molecule has 4 rings (SSSR count). The van der Waals surface area contributed by atoms with Gasteiger partial charge in [0.25, 0.3) is 5.89 Å². The molecule has 28 heavy (non-hydrogen) atoms. The Morgan fingerprint density at radius 1 is 1.04 bits per heavy atom. The fourth-order valence-electron chi connectivity index (χ4n) is 3.47. The standard InChI is InChI=1S/C21H20BrFN2O3/c1-14(27-18-8-6-17(23)7-9-18)19-24-25-20(28-19)21(10-12-26-13-11-21)15-2-4-16(22)5-3-15/h2-9,14H,10-13H2,1H3. The van der Waals surface area contributed by atoms with E-state index < -0.39 is 6.10 Å². The van der Waals surface area contributed by atoms with Crippen molar-refractivity contribution in [2.75, 3.05) is 13.2 Å². The average molecular weight is 447 g/mol. The number of ether oxygens (including phenoxy) is 2. The van der Waals surface area contributed by atoms with Gasteiger partial charge in [-0.1, -0.05) is 28.1 Å². The fraction of sp³-hybridized carbons (Fsp3) is 0.333. The maximum Gasteiger partial charge on any atom is 0.256 e. The summed E-state index contributed by atoms with van der Waals surface area (Å²) in [7, 11) is 0. The molecule has 1 aliphatic heterocycles. The Labute approximate surface area is 171 Å². The van der Waals surface area contributed by atoms with E-state index in [4.69, 9.17) is 13.9 Å². The van der Waals surface area contributed by atoms with E-state index in [0.717, 1.165) is 22.9 Å². The van der Waals surface area contributed by atoms with Gasteiger partial charge in [-0.3, -0.25) is 0 Å². The number of benzene rings is 2. The summed E-state index contributed by atoms with van der Waals surface area (Å²) in [5, 5.41) is 8.59. The lowest BCUT2D eigenvalue weighted by Gasteiger charge is -2.34. The Morgan fingerprint density at radius 3 is 2.39 bits per heavy atom. The highest BCUT2D eigenvalue weighted by molar-refractivity contribution is 9.10. The van der Waals surface area contributed by atoms with Gasteiger partial charge in [0.15, 0.2) is 6.10 Å². The summed E-state index contributed by atoms with van der Waals surface area (Å²) >= 11 is 3.49. The van der Waals surface area contributed by atoms with Gasteiger partial charge in [0.05, 0.1) is 5.41 Å². The summed E-state index contributed by atoms with van der Waals surface area (Å²) in [5.41, 5.74) is 0.751. The lowest BCUT2D eigenvalue weighted by Crippen LogP contribution is -2.35. The summed E-state index contributed by atoms with van der Waals surface area (Å²) in [6.07, 6.45) is 1.08. The van der Waals surface area contributed by atoms with Crippen LogP contribution in [-0.2, 0) is 10.2 Å². The van der Waals surface area contributed by atoms with Crippen LogP contribution in [0.4, 0.5) is 4.39 Å². The third-order valence-electron chi connectivity index (χ3n) is 5.07. The number of hydrogen-bond acceptors (Lipinski definition) is 5. The minimum atomic E-state index is -0.450. The van der Waals surface area contributed by atoms with Crippen LogP contribution in [0.2, 0.25) is 0 Å². The molecule has 1 atom stereocenters. The van der Waals surface area contributed by atoms with E-state index in [2.05, 4.69) is 38.3 Å². The van der Waals surface area contributed by atoms with Crippen molar-refractivity contribution < 1.29 is 18.3 Å². The van der Waals surface area contributed by atoms with Crippen LogP contribution >= 0.6 is 15.9 Å². The van der Waals surface area contributed by atoms with Gasteiger partial charge >= 0.3 is 0 Å². The largest absolute Gasteiger partial charge is 0.481 e. The number of rotatable bonds is 5. The van der Waals surface area contributed by atoms with Crippen molar-refractivity contribution in [3.8, 4) is 5.75 Å². The first-order chi connectivity index (χ1) is 13.6. The summed E-state index contributed by atoms with van der Waals surface area (Å²) in [5.74, 6) is 1.20. The van der Waals surface area contributed by atoms with Crippen LogP contribution in [0.5, 0.6) is 5.75 Å². The molecule has 5 nitrogen and oxygen atoms in total. The van der Waals surface area contributed by atoms with Crippen molar-refractivity contribution in [2.45, 2.75) is 31.3 Å². The molecule has 0 aliphatic carbocycles. The Balaban J connectivity index is 1.61. The van der Waals surface area contributed by atoms with Gasteiger partial charge in [-0.15, -0.1) is 10.2 Å². The maximum atomic E-state index is 13.1. The molecule has 1 unspecified atom stereocenters. The predicted octanol–water partition coefficient (Wildman–Crippen LogP) is 5.21. The van der Waals surface area contributed by atoms with Gasteiger partial charge in [-0.2, -0.15) is 0 Å². The Morgan fingerprint density at radius 2 is 1.71 bits per heavy atom. The molecular formula is C21H20BrFN2O3. The molecule has 3 aromatic rings. The zero-order valence-electron chi connectivity index (χ0n) is 15.4. The van der Waals surface area contributed by atoms with E-state index in [-0.39, 0.29) is 11.2 Å². The quantitative estimate of drug-likeness (QED) is 0.538. The highest BCUT2D eigenvalue weighted by Crippen LogP contribution is 2.41. The Bertz CT molecular complexity index is 922. The van der Waals surface area contributed by atoms with Crippen LogP contribution in [0.25, 0.3) is 0 Å². The second-order valence-corrected chi connectivity index (χ2v) is 7.78. The zero-order chi connectivity index (χ0) is 19.6. The molecule has 0 saturated carbocycles. The summed E-state index contributed by atoms with van der Waals surface area (Å²) < 4.78 is 31.6. The number of nitrogens with zero attached hydrogens (tertiary/aromatic N) is 2. The topological polar surface area (TPSA) is 57.4 Å². The minimum Gasteiger partial charge on any atom is -0.481 e. The monoisotopic (exact) mass is 446 g/mol. The van der Waals surface area contributed by atoms with Gasteiger partial charge in [0.1, 0.15) is 11.6 Å².